The summed E-state index contributed by atoms with van der Waals surface area (Å²) in [6.45, 7) is 6.86. The molecule has 2 aromatic rings. The molecule has 0 atom stereocenters. The number of rotatable bonds is 4. The number of benzene rings is 1. The normalized spacial score (nSPS) is 11.8. The molecule has 0 saturated carbocycles. The molecule has 0 fully saturated rings. The van der Waals surface area contributed by atoms with Gasteiger partial charge in [-0.3, -0.25) is 0 Å². The topological polar surface area (TPSA) is 38.1 Å². The van der Waals surface area contributed by atoms with Gasteiger partial charge < -0.3 is 9.73 Å². The fraction of sp³-hybridized carbons (Fsp3) is 0.400. The van der Waals surface area contributed by atoms with Crippen molar-refractivity contribution in [2.75, 3.05) is 6.54 Å². The highest BCUT2D eigenvalue weighted by Gasteiger charge is 2.16. The quantitative estimate of drug-likeness (QED) is 0.930. The maximum absolute atomic E-state index is 13.6. The van der Waals surface area contributed by atoms with Crippen LogP contribution < -0.4 is 5.32 Å². The van der Waals surface area contributed by atoms with Crippen LogP contribution >= 0.6 is 0 Å². The number of nitrogens with one attached hydrogen (secondary N) is 1. The highest BCUT2D eigenvalue weighted by molar-refractivity contribution is 5.58. The van der Waals surface area contributed by atoms with Crippen molar-refractivity contribution in [1.82, 2.24) is 10.3 Å². The summed E-state index contributed by atoms with van der Waals surface area (Å²) in [6, 6.07) is 3.71. The molecule has 0 aliphatic rings. The van der Waals surface area contributed by atoms with Crippen molar-refractivity contribution >= 4 is 0 Å². The predicted molar refractivity (Wildman–Crippen MR) is 73.3 cm³/mol. The van der Waals surface area contributed by atoms with E-state index in [2.05, 4.69) is 31.1 Å². The smallest absolute Gasteiger partial charge is 0.196 e. The van der Waals surface area contributed by atoms with E-state index in [1.807, 2.05) is 0 Å². The Morgan fingerprint density at radius 2 is 1.85 bits per heavy atom. The highest BCUT2D eigenvalue weighted by Crippen LogP contribution is 2.26. The van der Waals surface area contributed by atoms with Gasteiger partial charge in [-0.15, -0.1) is 0 Å². The minimum Gasteiger partial charge on any atom is -0.440 e. The Balaban J connectivity index is 2.09. The zero-order valence-corrected chi connectivity index (χ0v) is 11.8. The number of hydrogen-bond donors (Lipinski definition) is 1. The number of aromatic nitrogens is 1. The molecule has 0 bridgehead atoms. The molecule has 1 heterocycles. The second-order valence-corrected chi connectivity index (χ2v) is 5.64. The fourth-order valence-electron chi connectivity index (χ4n) is 1.82. The predicted octanol–water partition coefficient (Wildman–Crippen LogP) is 3.55. The molecule has 0 spiro atoms. The van der Waals surface area contributed by atoms with Crippen LogP contribution in [-0.4, -0.2) is 17.1 Å². The number of nitrogens with zero attached hydrogens (tertiary/aromatic N) is 1. The average molecular weight is 280 g/mol. The molecular formula is C15H18F2N2O. The van der Waals surface area contributed by atoms with Gasteiger partial charge in [0.2, 0.25) is 0 Å². The zero-order valence-electron chi connectivity index (χ0n) is 11.8. The van der Waals surface area contributed by atoms with Crippen molar-refractivity contribution in [2.24, 2.45) is 0 Å². The Bertz CT molecular complexity index is 568. The van der Waals surface area contributed by atoms with Gasteiger partial charge in [-0.05, 0) is 32.9 Å². The Kier molecular flexibility index (Phi) is 4.18. The Morgan fingerprint density at radius 3 is 2.45 bits per heavy atom. The van der Waals surface area contributed by atoms with E-state index in [0.717, 1.165) is 0 Å². The van der Waals surface area contributed by atoms with Crippen LogP contribution in [0.15, 0.2) is 28.8 Å². The van der Waals surface area contributed by atoms with Gasteiger partial charge in [0.1, 0.15) is 11.6 Å². The summed E-state index contributed by atoms with van der Waals surface area (Å²) in [5.74, 6) is -0.730. The molecule has 1 aromatic heterocycles. The van der Waals surface area contributed by atoms with Crippen LogP contribution in [0.2, 0.25) is 0 Å². The van der Waals surface area contributed by atoms with Crippen molar-refractivity contribution in [1.29, 1.82) is 0 Å². The number of hydrogen-bond acceptors (Lipinski definition) is 3. The van der Waals surface area contributed by atoms with Gasteiger partial charge in [0.15, 0.2) is 11.7 Å². The first-order chi connectivity index (χ1) is 9.37. The van der Waals surface area contributed by atoms with Crippen LogP contribution in [0, 0.1) is 11.6 Å². The van der Waals surface area contributed by atoms with Crippen LogP contribution in [0.25, 0.3) is 11.3 Å². The third-order valence-corrected chi connectivity index (χ3v) is 2.76. The molecule has 20 heavy (non-hydrogen) atoms. The van der Waals surface area contributed by atoms with Gasteiger partial charge in [-0.2, -0.15) is 0 Å². The Morgan fingerprint density at radius 1 is 1.20 bits per heavy atom. The lowest BCUT2D eigenvalue weighted by Crippen LogP contribution is -2.37. The molecule has 5 heteroatoms. The van der Waals surface area contributed by atoms with Gasteiger partial charge in [0.25, 0.3) is 0 Å². The summed E-state index contributed by atoms with van der Waals surface area (Å²) in [5.41, 5.74) is -0.164. The molecular weight excluding hydrogens is 262 g/mol. The van der Waals surface area contributed by atoms with Crippen LogP contribution in [0.5, 0.6) is 0 Å². The third-order valence-electron chi connectivity index (χ3n) is 2.76. The average Bonchev–Trinajstić information content (AvgIpc) is 2.75. The van der Waals surface area contributed by atoms with Crippen LogP contribution in [0.1, 0.15) is 26.7 Å². The zero-order chi connectivity index (χ0) is 14.8. The van der Waals surface area contributed by atoms with Gasteiger partial charge in [-0.1, -0.05) is 6.07 Å². The van der Waals surface area contributed by atoms with Crippen LogP contribution in [0.4, 0.5) is 8.78 Å². The standard InChI is InChI=1S/C15H18F2N2O/c1-15(2,3)19-8-7-13-18-9-12(20-13)14-10(16)5-4-6-11(14)17/h4-6,9,19H,7-8H2,1-3H3. The van der Waals surface area contributed by atoms with Crippen LogP contribution in [0.3, 0.4) is 0 Å². The fourth-order valence-corrected chi connectivity index (χ4v) is 1.82. The first-order valence-electron chi connectivity index (χ1n) is 6.51. The van der Waals surface area contributed by atoms with Crippen molar-refractivity contribution in [2.45, 2.75) is 32.7 Å². The SMILES string of the molecule is CC(C)(C)NCCc1ncc(-c2c(F)cccc2F)o1. The van der Waals surface area contributed by atoms with E-state index in [0.29, 0.717) is 18.9 Å². The molecule has 0 aliphatic heterocycles. The van der Waals surface area contributed by atoms with E-state index >= 15 is 0 Å². The summed E-state index contributed by atoms with van der Waals surface area (Å²) in [6.07, 6.45) is 1.92. The largest absolute Gasteiger partial charge is 0.440 e. The van der Waals surface area contributed by atoms with E-state index in [4.69, 9.17) is 4.42 Å². The van der Waals surface area contributed by atoms with Gasteiger partial charge in [0.05, 0.1) is 11.8 Å². The van der Waals surface area contributed by atoms with Crippen molar-refractivity contribution in [3.05, 3.63) is 41.9 Å². The van der Waals surface area contributed by atoms with Gasteiger partial charge in [0, 0.05) is 18.5 Å². The van der Waals surface area contributed by atoms with Crippen LogP contribution in [-0.2, 0) is 6.42 Å². The summed E-state index contributed by atoms with van der Waals surface area (Å²) in [7, 11) is 0. The lowest BCUT2D eigenvalue weighted by Gasteiger charge is -2.19. The molecule has 2 rings (SSSR count). The van der Waals surface area contributed by atoms with E-state index in [-0.39, 0.29) is 16.9 Å². The molecule has 0 radical (unpaired) electrons. The van der Waals surface area contributed by atoms with Crippen molar-refractivity contribution in [3.63, 3.8) is 0 Å². The maximum atomic E-state index is 13.6. The van der Waals surface area contributed by atoms with Crippen molar-refractivity contribution < 1.29 is 13.2 Å². The third kappa shape index (κ3) is 3.63. The lowest BCUT2D eigenvalue weighted by atomic mass is 10.1. The van der Waals surface area contributed by atoms with E-state index in [1.54, 1.807) is 0 Å². The van der Waals surface area contributed by atoms with Gasteiger partial charge >= 0.3 is 0 Å². The monoisotopic (exact) mass is 280 g/mol. The molecule has 1 N–H and O–H groups in total. The first kappa shape index (κ1) is 14.7. The van der Waals surface area contributed by atoms with E-state index in [1.165, 1.54) is 24.4 Å². The molecule has 0 amide bonds. The summed E-state index contributed by atoms with van der Waals surface area (Å²) < 4.78 is 32.6. The number of oxazole rings is 1. The van der Waals surface area contributed by atoms with Crippen molar-refractivity contribution in [3.8, 4) is 11.3 Å². The molecule has 0 saturated heterocycles. The molecule has 1 aromatic carbocycles. The maximum Gasteiger partial charge on any atom is 0.196 e. The lowest BCUT2D eigenvalue weighted by molar-refractivity contribution is 0.411. The minimum atomic E-state index is -0.652. The highest BCUT2D eigenvalue weighted by atomic mass is 19.1. The first-order valence-corrected chi connectivity index (χ1v) is 6.51. The minimum absolute atomic E-state index is 0.00701. The summed E-state index contributed by atoms with van der Waals surface area (Å²) in [5, 5.41) is 3.29. The summed E-state index contributed by atoms with van der Waals surface area (Å²) >= 11 is 0. The second-order valence-electron chi connectivity index (χ2n) is 5.64. The molecule has 108 valence electrons. The molecule has 3 nitrogen and oxygen atoms in total. The Labute approximate surface area is 117 Å². The van der Waals surface area contributed by atoms with Gasteiger partial charge in [-0.25, -0.2) is 13.8 Å². The summed E-state index contributed by atoms with van der Waals surface area (Å²) in [4.78, 5) is 4.05. The molecule has 0 aliphatic carbocycles. The molecule has 0 unspecified atom stereocenters. The van der Waals surface area contributed by atoms with E-state index in [9.17, 15) is 8.78 Å². The Hall–Kier alpha value is -1.75. The van der Waals surface area contributed by atoms with E-state index < -0.39 is 11.6 Å². The second kappa shape index (κ2) is 5.71. The number of halogens is 2.